The number of nitrogens with zero attached hydrogens (tertiary/aromatic N) is 5. The Bertz CT molecular complexity index is 2940. The van der Waals surface area contributed by atoms with E-state index in [4.69, 9.17) is 25.8 Å². The van der Waals surface area contributed by atoms with Crippen molar-refractivity contribution in [1.29, 1.82) is 0 Å². The molecule has 0 bridgehead atoms. The number of morpholine rings is 1. The number of halogens is 4. The first-order valence-corrected chi connectivity index (χ1v) is 25.6. The van der Waals surface area contributed by atoms with Crippen molar-refractivity contribution in [2.45, 2.75) is 69.2 Å². The Morgan fingerprint density at radius 3 is 2.55 bits per heavy atom. The molecule has 1 amide bonds. The van der Waals surface area contributed by atoms with Gasteiger partial charge in [-0.25, -0.2) is 18.1 Å². The molecule has 16 nitrogen and oxygen atoms in total. The van der Waals surface area contributed by atoms with Gasteiger partial charge in [-0.1, -0.05) is 37.1 Å². The average molecular weight is 1020 g/mol. The first-order chi connectivity index (χ1) is 33.9. The number of allylic oxidation sites excluding steroid dienone is 1. The Morgan fingerprint density at radius 1 is 1.01 bits per heavy atom. The van der Waals surface area contributed by atoms with E-state index in [0.29, 0.717) is 88.4 Å². The van der Waals surface area contributed by atoms with Gasteiger partial charge in [0.2, 0.25) is 0 Å². The number of nitro benzene ring substituents is 1. The van der Waals surface area contributed by atoms with Crippen LogP contribution in [0.3, 0.4) is 0 Å². The second-order valence-electron chi connectivity index (χ2n) is 19.3. The minimum atomic E-state index is -4.65. The Kier molecular flexibility index (Phi) is 14.7. The van der Waals surface area contributed by atoms with Gasteiger partial charge in [-0.2, -0.15) is 13.2 Å². The van der Waals surface area contributed by atoms with Crippen LogP contribution in [0.25, 0.3) is 16.6 Å². The van der Waals surface area contributed by atoms with Crippen molar-refractivity contribution in [3.8, 4) is 11.5 Å². The molecule has 378 valence electrons. The molecule has 4 aliphatic rings. The number of carbonyl (C=O) groups excluding carboxylic acids is 1. The predicted molar refractivity (Wildman–Crippen MR) is 264 cm³/mol. The molecule has 3 N–H and O–H groups in total. The molecular weight excluding hydrogens is 965 g/mol. The number of carbonyl (C=O) groups is 1. The number of benzene rings is 3. The number of sulfonamides is 1. The predicted octanol–water partition coefficient (Wildman–Crippen LogP) is 9.13. The molecule has 21 heteroatoms. The molecule has 3 aliphatic heterocycles. The van der Waals surface area contributed by atoms with Crippen molar-refractivity contribution < 1.29 is 45.5 Å². The van der Waals surface area contributed by atoms with E-state index in [9.17, 15) is 36.5 Å². The lowest BCUT2D eigenvalue weighted by atomic mass is 9.72. The molecule has 0 radical (unpaired) electrons. The Balaban J connectivity index is 0.905. The molecule has 3 saturated heterocycles. The summed E-state index contributed by atoms with van der Waals surface area (Å²) in [7, 11) is -4.65. The highest BCUT2D eigenvalue weighted by molar-refractivity contribution is 7.90. The molecule has 3 aromatic carbocycles. The summed E-state index contributed by atoms with van der Waals surface area (Å²) in [5.74, 6) is -0.681. The van der Waals surface area contributed by atoms with Gasteiger partial charge < -0.3 is 29.4 Å². The maximum absolute atomic E-state index is 14.0. The number of aromatic amines is 1. The molecule has 1 atom stereocenters. The van der Waals surface area contributed by atoms with Crippen LogP contribution in [0.1, 0.15) is 67.4 Å². The zero-order valence-corrected chi connectivity index (χ0v) is 41.0. The number of pyridine rings is 1. The minimum Gasteiger partial charge on any atom is -0.455 e. The summed E-state index contributed by atoms with van der Waals surface area (Å²) in [5, 5.41) is 16.2. The number of nitrogens with one attached hydrogen (secondary N) is 3. The number of fused-ring (bicyclic) bond motifs is 1. The molecule has 9 rings (SSSR count). The van der Waals surface area contributed by atoms with Crippen molar-refractivity contribution in [3.05, 3.63) is 117 Å². The van der Waals surface area contributed by atoms with Crippen molar-refractivity contribution in [2.24, 2.45) is 5.41 Å². The van der Waals surface area contributed by atoms with E-state index in [0.717, 1.165) is 67.0 Å². The first kappa shape index (κ1) is 50.2. The minimum absolute atomic E-state index is 0.0493. The summed E-state index contributed by atoms with van der Waals surface area (Å²) < 4.78 is 88.1. The Labute approximate surface area is 414 Å². The lowest BCUT2D eigenvalue weighted by Crippen LogP contribution is -2.51. The second-order valence-corrected chi connectivity index (χ2v) is 21.4. The van der Waals surface area contributed by atoms with Gasteiger partial charge in [0.15, 0.2) is 0 Å². The highest BCUT2D eigenvalue weighted by Crippen LogP contribution is 2.46. The van der Waals surface area contributed by atoms with E-state index in [1.165, 1.54) is 30.5 Å². The first-order valence-electron chi connectivity index (χ1n) is 23.7. The van der Waals surface area contributed by atoms with Crippen LogP contribution in [-0.2, 0) is 25.7 Å². The number of alkyl halides is 3. The highest BCUT2D eigenvalue weighted by atomic mass is 35.5. The summed E-state index contributed by atoms with van der Waals surface area (Å²) in [6, 6.07) is 15.8. The molecule has 1 aliphatic carbocycles. The van der Waals surface area contributed by atoms with Crippen LogP contribution in [0.5, 0.6) is 11.5 Å². The fraction of sp³-hybridized carbons (Fsp3) is 0.440. The summed E-state index contributed by atoms with van der Waals surface area (Å²) in [6.07, 6.45) is 2.70. The second kappa shape index (κ2) is 20.8. The maximum atomic E-state index is 14.0. The monoisotopic (exact) mass is 1020 g/mol. The highest BCUT2D eigenvalue weighted by Gasteiger charge is 2.35. The molecular formula is C50H56ClF3N8O8S. The molecule has 5 aromatic rings. The van der Waals surface area contributed by atoms with Gasteiger partial charge in [0.05, 0.1) is 39.9 Å². The van der Waals surface area contributed by atoms with Gasteiger partial charge in [-0.05, 0) is 97.2 Å². The number of hydrogen-bond acceptors (Lipinski definition) is 13. The number of nitro groups is 1. The number of piperazine rings is 1. The van der Waals surface area contributed by atoms with Crippen LogP contribution in [0, 0.1) is 15.5 Å². The van der Waals surface area contributed by atoms with E-state index in [2.05, 4.69) is 48.6 Å². The quantitative estimate of drug-likeness (QED) is 0.0708. The van der Waals surface area contributed by atoms with Crippen molar-refractivity contribution in [2.75, 3.05) is 82.4 Å². The zero-order chi connectivity index (χ0) is 50.1. The SMILES string of the molecule is CC1(C)CCC(CN2CCN(c3ccc(C(=O)NS(=O)(=O)c4ccc(NCC5CN(C6CCOCC6)CCO5)c([N+](=O)[O-])c4)c(Oc4cnc5[nH]ccc5c4)c3)CC2)=C(c2ccc(C(F)(F)F)cc2Cl)C1. The molecule has 2 aromatic heterocycles. The topological polar surface area (TPSA) is 184 Å². The number of amides is 1. The van der Waals surface area contributed by atoms with Crippen LogP contribution in [0.2, 0.25) is 5.02 Å². The average Bonchev–Trinajstić information content (AvgIpc) is 3.82. The lowest BCUT2D eigenvalue weighted by molar-refractivity contribution is -0.384. The van der Waals surface area contributed by atoms with Crippen molar-refractivity contribution in [1.82, 2.24) is 24.5 Å². The van der Waals surface area contributed by atoms with Gasteiger partial charge in [-0.15, -0.1) is 0 Å². The fourth-order valence-corrected chi connectivity index (χ4v) is 11.2. The lowest BCUT2D eigenvalue weighted by Gasteiger charge is -2.39. The number of hydrogen-bond donors (Lipinski definition) is 3. The normalized spacial score (nSPS) is 19.7. The maximum Gasteiger partial charge on any atom is 0.416 e. The van der Waals surface area contributed by atoms with Crippen LogP contribution >= 0.6 is 11.6 Å². The third-order valence-corrected chi connectivity index (χ3v) is 15.5. The van der Waals surface area contributed by atoms with Gasteiger partial charge in [-0.3, -0.25) is 24.7 Å². The fourth-order valence-electron chi connectivity index (χ4n) is 9.93. The van der Waals surface area contributed by atoms with E-state index in [-0.39, 0.29) is 45.8 Å². The number of ether oxygens (including phenoxy) is 3. The van der Waals surface area contributed by atoms with Gasteiger partial charge >= 0.3 is 6.18 Å². The summed E-state index contributed by atoms with van der Waals surface area (Å²) in [6.45, 7) is 11.0. The smallest absolute Gasteiger partial charge is 0.416 e. The Morgan fingerprint density at radius 2 is 1.80 bits per heavy atom. The van der Waals surface area contributed by atoms with Crippen LogP contribution in [0.4, 0.5) is 30.2 Å². The van der Waals surface area contributed by atoms with Gasteiger partial charge in [0, 0.05) is 106 Å². The van der Waals surface area contributed by atoms with Gasteiger partial charge in [0.1, 0.15) is 22.8 Å². The van der Waals surface area contributed by atoms with E-state index >= 15 is 0 Å². The standard InChI is InChI=1S/C50H56ClF3N8O8S/c1-49(2)13-9-33(42(27-49)40-6-3-34(24-43(40)51)50(52,53)54)30-59-15-17-60(18-16-59)36-4-7-41(46(25-36)70-37-23-32-10-14-55-47(32)57-28-37)48(63)58-71(66,67)39-5-8-44(45(26-39)62(64)65)56-29-38-31-61(19-22-69-38)35-11-20-68-21-12-35/h3-8,10,14,23-26,28,35,38,56H,9,11-13,15-22,27,29-31H2,1-2H3,(H,55,57)(H,58,63). The van der Waals surface area contributed by atoms with Crippen molar-refractivity contribution >= 4 is 61.2 Å². The molecule has 1 unspecified atom stereocenters. The van der Waals surface area contributed by atoms with Crippen LogP contribution < -0.4 is 19.7 Å². The van der Waals surface area contributed by atoms with E-state index < -0.39 is 43.2 Å². The number of H-pyrrole nitrogens is 1. The van der Waals surface area contributed by atoms with Crippen LogP contribution in [-0.4, -0.2) is 123 Å². The number of aromatic nitrogens is 2. The molecule has 5 heterocycles. The summed E-state index contributed by atoms with van der Waals surface area (Å²) in [5.41, 5.74) is 2.76. The molecule has 0 saturated carbocycles. The third kappa shape index (κ3) is 11.8. The summed E-state index contributed by atoms with van der Waals surface area (Å²) in [4.78, 5) is 39.4. The number of rotatable bonds is 14. The number of anilines is 2. The molecule has 0 spiro atoms. The molecule has 71 heavy (non-hydrogen) atoms. The summed E-state index contributed by atoms with van der Waals surface area (Å²) >= 11 is 6.55. The zero-order valence-electron chi connectivity index (χ0n) is 39.4. The van der Waals surface area contributed by atoms with Crippen molar-refractivity contribution in [3.63, 3.8) is 0 Å². The van der Waals surface area contributed by atoms with E-state index in [1.807, 2.05) is 6.07 Å². The van der Waals surface area contributed by atoms with Gasteiger partial charge in [0.25, 0.3) is 21.6 Å². The third-order valence-electron chi connectivity index (χ3n) is 13.9. The largest absolute Gasteiger partial charge is 0.455 e. The van der Waals surface area contributed by atoms with Crippen LogP contribution in [0.15, 0.2) is 89.6 Å². The Hall–Kier alpha value is -5.77. The molecule has 3 fully saturated rings. The van der Waals surface area contributed by atoms with E-state index in [1.54, 1.807) is 24.4 Å².